The van der Waals surface area contributed by atoms with Crippen LogP contribution in [-0.4, -0.2) is 38.4 Å². The molecule has 0 spiro atoms. The zero-order valence-electron chi connectivity index (χ0n) is 11.6. The standard InChI is InChI=1S/C15H20N2O2S/c1-19-13-2-4-14(5-3-13)20-11-15(18)17-10-12-6-8-16-9-7-12/h2-6,16H,7-11H2,1H3,(H,17,18). The van der Waals surface area contributed by atoms with E-state index in [9.17, 15) is 4.79 Å². The lowest BCUT2D eigenvalue weighted by atomic mass is 10.1. The molecule has 1 aromatic rings. The minimum atomic E-state index is 0.0743. The average molecular weight is 292 g/mol. The molecule has 0 bridgehead atoms. The smallest absolute Gasteiger partial charge is 0.230 e. The summed E-state index contributed by atoms with van der Waals surface area (Å²) >= 11 is 1.53. The lowest BCUT2D eigenvalue weighted by Crippen LogP contribution is -2.30. The van der Waals surface area contributed by atoms with Crippen LogP contribution in [0, 0.1) is 0 Å². The Labute approximate surface area is 124 Å². The number of amides is 1. The molecule has 2 rings (SSSR count). The van der Waals surface area contributed by atoms with Crippen molar-refractivity contribution in [2.24, 2.45) is 0 Å². The van der Waals surface area contributed by atoms with Gasteiger partial charge in [-0.15, -0.1) is 11.8 Å². The van der Waals surface area contributed by atoms with Crippen molar-refractivity contribution in [1.29, 1.82) is 0 Å². The van der Waals surface area contributed by atoms with Crippen molar-refractivity contribution in [2.75, 3.05) is 32.5 Å². The van der Waals surface area contributed by atoms with Gasteiger partial charge in [-0.2, -0.15) is 0 Å². The number of benzene rings is 1. The molecule has 108 valence electrons. The van der Waals surface area contributed by atoms with Crippen LogP contribution in [0.5, 0.6) is 5.75 Å². The predicted octanol–water partition coefficient (Wildman–Crippen LogP) is 1.82. The van der Waals surface area contributed by atoms with Gasteiger partial charge in [-0.3, -0.25) is 4.79 Å². The highest BCUT2D eigenvalue weighted by Gasteiger charge is 2.06. The van der Waals surface area contributed by atoms with Gasteiger partial charge in [0, 0.05) is 18.0 Å². The van der Waals surface area contributed by atoms with Gasteiger partial charge in [-0.25, -0.2) is 0 Å². The van der Waals surface area contributed by atoms with Crippen LogP contribution < -0.4 is 15.4 Å². The molecule has 0 saturated carbocycles. The molecule has 20 heavy (non-hydrogen) atoms. The number of nitrogens with one attached hydrogen (secondary N) is 2. The molecule has 0 aromatic heterocycles. The highest BCUT2D eigenvalue weighted by atomic mass is 32.2. The van der Waals surface area contributed by atoms with Crippen molar-refractivity contribution in [3.05, 3.63) is 35.9 Å². The third-order valence-electron chi connectivity index (χ3n) is 3.10. The van der Waals surface area contributed by atoms with Crippen molar-refractivity contribution in [3.63, 3.8) is 0 Å². The van der Waals surface area contributed by atoms with Crippen LogP contribution in [0.4, 0.5) is 0 Å². The summed E-state index contributed by atoms with van der Waals surface area (Å²) in [6, 6.07) is 7.73. The SMILES string of the molecule is COc1ccc(SCC(=O)NCC2=CCNCC2)cc1. The van der Waals surface area contributed by atoms with Crippen LogP contribution in [0.1, 0.15) is 6.42 Å². The Bertz CT molecular complexity index is 471. The summed E-state index contributed by atoms with van der Waals surface area (Å²) < 4.78 is 5.10. The average Bonchev–Trinajstić information content (AvgIpc) is 2.52. The van der Waals surface area contributed by atoms with Crippen LogP contribution in [0.2, 0.25) is 0 Å². The molecular weight excluding hydrogens is 272 g/mol. The largest absolute Gasteiger partial charge is 0.497 e. The Morgan fingerprint density at radius 3 is 2.85 bits per heavy atom. The molecule has 1 aliphatic heterocycles. The van der Waals surface area contributed by atoms with Crippen LogP contribution in [0.15, 0.2) is 40.8 Å². The number of hydrogen-bond acceptors (Lipinski definition) is 4. The van der Waals surface area contributed by atoms with Crippen molar-refractivity contribution >= 4 is 17.7 Å². The fourth-order valence-electron chi connectivity index (χ4n) is 1.91. The second-order valence-corrected chi connectivity index (χ2v) is 5.61. The first-order valence-electron chi connectivity index (χ1n) is 6.70. The zero-order chi connectivity index (χ0) is 14.2. The number of ether oxygens (including phenoxy) is 1. The number of carbonyl (C=O) groups is 1. The number of rotatable bonds is 6. The van der Waals surface area contributed by atoms with Crippen LogP contribution in [-0.2, 0) is 4.79 Å². The van der Waals surface area contributed by atoms with Gasteiger partial charge in [0.15, 0.2) is 0 Å². The fraction of sp³-hybridized carbons (Fsp3) is 0.400. The van der Waals surface area contributed by atoms with Gasteiger partial charge in [0.2, 0.25) is 5.91 Å². The number of methoxy groups -OCH3 is 1. The van der Waals surface area contributed by atoms with E-state index in [0.717, 1.165) is 30.2 Å². The van der Waals surface area contributed by atoms with Gasteiger partial charge in [-0.1, -0.05) is 11.6 Å². The van der Waals surface area contributed by atoms with E-state index in [2.05, 4.69) is 16.7 Å². The van der Waals surface area contributed by atoms with E-state index >= 15 is 0 Å². The van der Waals surface area contributed by atoms with Crippen LogP contribution in [0.3, 0.4) is 0 Å². The molecular formula is C15H20N2O2S. The predicted molar refractivity (Wildman–Crippen MR) is 82.3 cm³/mol. The van der Waals surface area contributed by atoms with E-state index in [1.807, 2.05) is 24.3 Å². The Kier molecular flexibility index (Phi) is 5.95. The Balaban J connectivity index is 1.70. The van der Waals surface area contributed by atoms with E-state index in [1.54, 1.807) is 7.11 Å². The molecule has 1 aliphatic rings. The summed E-state index contributed by atoms with van der Waals surface area (Å²) in [5.41, 5.74) is 1.31. The molecule has 0 radical (unpaired) electrons. The first-order valence-corrected chi connectivity index (χ1v) is 7.68. The third-order valence-corrected chi connectivity index (χ3v) is 4.11. The molecule has 2 N–H and O–H groups in total. The molecule has 1 aromatic carbocycles. The van der Waals surface area contributed by atoms with Gasteiger partial charge in [0.05, 0.1) is 12.9 Å². The van der Waals surface area contributed by atoms with Crippen molar-refractivity contribution in [3.8, 4) is 5.75 Å². The summed E-state index contributed by atoms with van der Waals surface area (Å²) in [5, 5.41) is 6.22. The normalized spacial score (nSPS) is 14.6. The van der Waals surface area contributed by atoms with E-state index < -0.39 is 0 Å². The Morgan fingerprint density at radius 2 is 2.20 bits per heavy atom. The Morgan fingerprint density at radius 1 is 1.40 bits per heavy atom. The first kappa shape index (κ1) is 14.9. The van der Waals surface area contributed by atoms with Gasteiger partial charge in [0.1, 0.15) is 5.75 Å². The van der Waals surface area contributed by atoms with Crippen molar-refractivity contribution in [1.82, 2.24) is 10.6 Å². The molecule has 1 amide bonds. The number of carbonyl (C=O) groups excluding carboxylic acids is 1. The third kappa shape index (κ3) is 4.90. The molecule has 0 atom stereocenters. The minimum absolute atomic E-state index is 0.0743. The van der Waals surface area contributed by atoms with E-state index in [0.29, 0.717) is 12.3 Å². The number of hydrogen-bond donors (Lipinski definition) is 2. The van der Waals surface area contributed by atoms with E-state index in [4.69, 9.17) is 4.74 Å². The quantitative estimate of drug-likeness (QED) is 0.620. The summed E-state index contributed by atoms with van der Waals surface area (Å²) in [4.78, 5) is 12.9. The molecule has 5 heteroatoms. The van der Waals surface area contributed by atoms with Crippen molar-refractivity contribution < 1.29 is 9.53 Å². The van der Waals surface area contributed by atoms with Gasteiger partial charge in [-0.05, 0) is 37.2 Å². The molecule has 0 unspecified atom stereocenters. The van der Waals surface area contributed by atoms with Gasteiger partial charge in [0.25, 0.3) is 0 Å². The lowest BCUT2D eigenvalue weighted by Gasteiger charge is -2.14. The molecule has 4 nitrogen and oxygen atoms in total. The van der Waals surface area contributed by atoms with E-state index in [-0.39, 0.29) is 5.91 Å². The molecule has 0 fully saturated rings. The first-order chi connectivity index (χ1) is 9.78. The minimum Gasteiger partial charge on any atom is -0.497 e. The topological polar surface area (TPSA) is 50.4 Å². The summed E-state index contributed by atoms with van der Waals surface area (Å²) in [6.45, 7) is 2.58. The maximum Gasteiger partial charge on any atom is 0.230 e. The highest BCUT2D eigenvalue weighted by Crippen LogP contribution is 2.20. The second-order valence-electron chi connectivity index (χ2n) is 4.56. The summed E-state index contributed by atoms with van der Waals surface area (Å²) in [6.07, 6.45) is 3.17. The highest BCUT2D eigenvalue weighted by molar-refractivity contribution is 8.00. The maximum atomic E-state index is 11.8. The molecule has 0 saturated heterocycles. The molecule has 1 heterocycles. The number of thioether (sulfide) groups is 1. The molecule has 0 aliphatic carbocycles. The fourth-order valence-corrected chi connectivity index (χ4v) is 2.64. The second kappa shape index (κ2) is 7.97. The maximum absolute atomic E-state index is 11.8. The van der Waals surface area contributed by atoms with Crippen LogP contribution in [0.25, 0.3) is 0 Å². The summed E-state index contributed by atoms with van der Waals surface area (Å²) in [5.74, 6) is 1.35. The summed E-state index contributed by atoms with van der Waals surface area (Å²) in [7, 11) is 1.64. The van der Waals surface area contributed by atoms with Crippen molar-refractivity contribution in [2.45, 2.75) is 11.3 Å². The zero-order valence-corrected chi connectivity index (χ0v) is 12.5. The van der Waals surface area contributed by atoms with E-state index in [1.165, 1.54) is 17.3 Å². The van der Waals surface area contributed by atoms with Crippen LogP contribution >= 0.6 is 11.8 Å². The lowest BCUT2D eigenvalue weighted by molar-refractivity contribution is -0.118. The Hall–Kier alpha value is -1.46. The van der Waals surface area contributed by atoms with Gasteiger partial charge < -0.3 is 15.4 Å². The monoisotopic (exact) mass is 292 g/mol. The van der Waals surface area contributed by atoms with Gasteiger partial charge >= 0.3 is 0 Å².